The van der Waals surface area contributed by atoms with Crippen molar-refractivity contribution >= 4 is 0 Å². The molecular formula is C40H37IrN3-2. The third-order valence-electron chi connectivity index (χ3n) is 7.39. The summed E-state index contributed by atoms with van der Waals surface area (Å²) in [7, 11) is 0. The first-order valence-electron chi connectivity index (χ1n) is 14.8. The first kappa shape index (κ1) is 32.7. The van der Waals surface area contributed by atoms with E-state index in [-0.39, 0.29) is 20.1 Å². The molecule has 4 aromatic carbocycles. The average molecular weight is 752 g/mol. The van der Waals surface area contributed by atoms with Gasteiger partial charge in [0.05, 0.1) is 5.82 Å². The van der Waals surface area contributed by atoms with Gasteiger partial charge in [-0.15, -0.1) is 64.7 Å². The quantitative estimate of drug-likeness (QED) is 0.159. The molecule has 4 heteroatoms. The number of nitrogens with zero attached hydrogens (tertiary/aromatic N) is 3. The monoisotopic (exact) mass is 752 g/mol. The van der Waals surface area contributed by atoms with Gasteiger partial charge >= 0.3 is 0 Å². The summed E-state index contributed by atoms with van der Waals surface area (Å²) in [5, 5.41) is 0. The minimum absolute atomic E-state index is 0. The molecule has 1 radical (unpaired) electrons. The molecule has 0 aliphatic heterocycles. The summed E-state index contributed by atoms with van der Waals surface area (Å²) in [6, 6.07) is 39.8. The fourth-order valence-electron chi connectivity index (χ4n) is 4.92. The molecule has 0 amide bonds. The van der Waals surface area contributed by atoms with E-state index in [1.54, 1.807) is 0 Å². The number of aromatic nitrogens is 3. The molecule has 3 nitrogen and oxygen atoms in total. The standard InChI is InChI=1S/C20H19N2.C20H18N.Ir/c1-15(2)11-16-13-21-20(22-14-16)19-10-6-9-18(12-19)17-7-4-3-5-8-17;1-14-12-20(21-13-16(14)3)18-9-10-19(15(2)11-18)17-7-5-4-6-8-17;/h3-9,12-15H,11H2,1-2H3;4-8,10-13H,1-3H3;/q2*-1;. The van der Waals surface area contributed by atoms with Crippen LogP contribution in [0.3, 0.4) is 0 Å². The number of rotatable bonds is 6. The van der Waals surface area contributed by atoms with Gasteiger partial charge in [-0.25, -0.2) is 0 Å². The van der Waals surface area contributed by atoms with Crippen molar-refractivity contribution in [1.82, 2.24) is 15.0 Å². The number of benzene rings is 4. The molecule has 0 N–H and O–H groups in total. The maximum absolute atomic E-state index is 4.52. The van der Waals surface area contributed by atoms with E-state index in [1.807, 2.05) is 48.9 Å². The van der Waals surface area contributed by atoms with Crippen LogP contribution in [0.5, 0.6) is 0 Å². The second kappa shape index (κ2) is 15.5. The number of hydrogen-bond donors (Lipinski definition) is 0. The zero-order valence-electron chi connectivity index (χ0n) is 25.9. The molecule has 6 rings (SSSR count). The molecule has 2 aromatic heterocycles. The molecule has 2 heterocycles. The van der Waals surface area contributed by atoms with Gasteiger partial charge in [0, 0.05) is 38.7 Å². The molecular weight excluding hydrogens is 715 g/mol. The van der Waals surface area contributed by atoms with Gasteiger partial charge in [-0.3, -0.25) is 9.97 Å². The Bertz CT molecular complexity index is 1780. The Labute approximate surface area is 275 Å². The van der Waals surface area contributed by atoms with E-state index in [2.05, 4.69) is 128 Å². The Kier molecular flexibility index (Phi) is 11.5. The van der Waals surface area contributed by atoms with Crippen molar-refractivity contribution in [1.29, 1.82) is 0 Å². The fourth-order valence-corrected chi connectivity index (χ4v) is 4.92. The largest absolute Gasteiger partial charge is 0.304 e. The molecule has 0 atom stereocenters. The van der Waals surface area contributed by atoms with E-state index in [0.717, 1.165) is 34.6 Å². The van der Waals surface area contributed by atoms with Gasteiger partial charge in [-0.1, -0.05) is 104 Å². The average Bonchev–Trinajstić information content (AvgIpc) is 3.04. The maximum atomic E-state index is 4.52. The van der Waals surface area contributed by atoms with Crippen LogP contribution >= 0.6 is 0 Å². The fraction of sp³-hybridized carbons (Fsp3) is 0.175. The molecule has 0 bridgehead atoms. The normalized spacial score (nSPS) is 10.5. The second-order valence-corrected chi connectivity index (χ2v) is 11.3. The Hall–Kier alpha value is -4.24. The number of hydrogen-bond acceptors (Lipinski definition) is 3. The van der Waals surface area contributed by atoms with Crippen LogP contribution in [-0.2, 0) is 26.5 Å². The predicted molar refractivity (Wildman–Crippen MR) is 178 cm³/mol. The molecule has 0 fully saturated rings. The summed E-state index contributed by atoms with van der Waals surface area (Å²) in [4.78, 5) is 13.5. The van der Waals surface area contributed by atoms with E-state index in [4.69, 9.17) is 0 Å². The van der Waals surface area contributed by atoms with Crippen molar-refractivity contribution in [3.8, 4) is 44.9 Å². The van der Waals surface area contributed by atoms with Gasteiger partial charge in [0.15, 0.2) is 0 Å². The second-order valence-electron chi connectivity index (χ2n) is 11.3. The van der Waals surface area contributed by atoms with Crippen molar-refractivity contribution in [3.05, 3.63) is 150 Å². The summed E-state index contributed by atoms with van der Waals surface area (Å²) in [6.45, 7) is 10.7. The Morgan fingerprint density at radius 2 is 1.27 bits per heavy atom. The molecule has 0 saturated carbocycles. The minimum atomic E-state index is 0. The third-order valence-corrected chi connectivity index (χ3v) is 7.39. The van der Waals surface area contributed by atoms with Gasteiger partial charge in [0.2, 0.25) is 0 Å². The summed E-state index contributed by atoms with van der Waals surface area (Å²) >= 11 is 0. The van der Waals surface area contributed by atoms with Crippen LogP contribution in [0.25, 0.3) is 44.9 Å². The van der Waals surface area contributed by atoms with Gasteiger partial charge in [0.1, 0.15) is 0 Å². The van der Waals surface area contributed by atoms with Crippen LogP contribution in [0.2, 0.25) is 0 Å². The smallest absolute Gasteiger partial charge is 0.0748 e. The van der Waals surface area contributed by atoms with Crippen molar-refractivity contribution in [2.45, 2.75) is 41.0 Å². The van der Waals surface area contributed by atoms with Crippen LogP contribution in [0.1, 0.15) is 36.1 Å². The number of aryl methyl sites for hydroxylation is 3. The SMILES string of the molecule is CC(C)Cc1cnc(-c2[c-]ccc(-c3ccccc3)c2)nc1.Cc1cnc(-c2[c-]cc(-c3ccccc3)c(C)c2)cc1C.[Ir]. The van der Waals surface area contributed by atoms with E-state index in [0.29, 0.717) is 5.92 Å². The summed E-state index contributed by atoms with van der Waals surface area (Å²) < 4.78 is 0. The summed E-state index contributed by atoms with van der Waals surface area (Å²) in [6.07, 6.45) is 6.78. The predicted octanol–water partition coefficient (Wildman–Crippen LogP) is 9.95. The van der Waals surface area contributed by atoms with Gasteiger partial charge in [0.25, 0.3) is 0 Å². The van der Waals surface area contributed by atoms with Crippen molar-refractivity contribution in [3.63, 3.8) is 0 Å². The zero-order chi connectivity index (χ0) is 30.2. The van der Waals surface area contributed by atoms with E-state index < -0.39 is 0 Å². The molecule has 223 valence electrons. The van der Waals surface area contributed by atoms with Gasteiger partial charge < -0.3 is 4.98 Å². The topological polar surface area (TPSA) is 38.7 Å². The molecule has 0 aliphatic carbocycles. The zero-order valence-corrected chi connectivity index (χ0v) is 28.3. The molecule has 0 spiro atoms. The van der Waals surface area contributed by atoms with Crippen molar-refractivity contribution in [2.75, 3.05) is 0 Å². The van der Waals surface area contributed by atoms with Crippen molar-refractivity contribution < 1.29 is 20.1 Å². The Morgan fingerprint density at radius 3 is 1.89 bits per heavy atom. The minimum Gasteiger partial charge on any atom is -0.304 e. The maximum Gasteiger partial charge on any atom is 0.0748 e. The summed E-state index contributed by atoms with van der Waals surface area (Å²) in [5.41, 5.74) is 12.7. The van der Waals surface area contributed by atoms with Gasteiger partial charge in [-0.2, -0.15) is 0 Å². The summed E-state index contributed by atoms with van der Waals surface area (Å²) in [5.74, 6) is 1.34. The molecule has 0 saturated heterocycles. The first-order chi connectivity index (χ1) is 20.9. The van der Waals surface area contributed by atoms with Crippen LogP contribution in [-0.4, -0.2) is 15.0 Å². The Balaban J connectivity index is 0.000000197. The third kappa shape index (κ3) is 8.44. The van der Waals surface area contributed by atoms with E-state index >= 15 is 0 Å². The van der Waals surface area contributed by atoms with Crippen LogP contribution in [0, 0.1) is 38.8 Å². The molecule has 44 heavy (non-hydrogen) atoms. The van der Waals surface area contributed by atoms with Crippen LogP contribution < -0.4 is 0 Å². The van der Waals surface area contributed by atoms with Crippen LogP contribution in [0.4, 0.5) is 0 Å². The molecule has 0 aliphatic rings. The first-order valence-corrected chi connectivity index (χ1v) is 14.8. The number of pyridine rings is 1. The van der Waals surface area contributed by atoms with Crippen LogP contribution in [0.15, 0.2) is 116 Å². The molecule has 0 unspecified atom stereocenters. The van der Waals surface area contributed by atoms with E-state index in [9.17, 15) is 0 Å². The molecule has 6 aromatic rings. The van der Waals surface area contributed by atoms with E-state index in [1.165, 1.54) is 38.9 Å². The van der Waals surface area contributed by atoms with Crippen molar-refractivity contribution in [2.24, 2.45) is 5.92 Å². The Morgan fingerprint density at radius 1 is 0.614 bits per heavy atom. The van der Waals surface area contributed by atoms with Gasteiger partial charge in [-0.05, 0) is 48.6 Å².